The number of amides is 1. The highest BCUT2D eigenvalue weighted by Crippen LogP contribution is 2.61. The number of aromatic nitrogens is 2. The van der Waals surface area contributed by atoms with E-state index in [-0.39, 0.29) is 22.9 Å². The van der Waals surface area contributed by atoms with E-state index in [1.54, 1.807) is 65.9 Å². The number of hydrogen-bond donors (Lipinski definition) is 1. The molecule has 2 rings (SSSR count). The maximum atomic E-state index is 13.8. The van der Waals surface area contributed by atoms with Gasteiger partial charge >= 0.3 is 7.60 Å². The van der Waals surface area contributed by atoms with Gasteiger partial charge in [0, 0.05) is 7.05 Å². The first-order valence-corrected chi connectivity index (χ1v) is 11.1. The number of benzene rings is 1. The molecule has 7 nitrogen and oxygen atoms in total. The molecule has 154 valence electrons. The highest BCUT2D eigenvalue weighted by Gasteiger charge is 2.41. The predicted molar refractivity (Wildman–Crippen MR) is 110 cm³/mol. The van der Waals surface area contributed by atoms with E-state index < -0.39 is 19.3 Å². The molecule has 1 atom stereocenters. The Morgan fingerprint density at radius 2 is 1.68 bits per heavy atom. The third-order valence-corrected chi connectivity index (χ3v) is 6.72. The van der Waals surface area contributed by atoms with Crippen LogP contribution in [0.5, 0.6) is 0 Å². The second-order valence-corrected chi connectivity index (χ2v) is 9.39. The molecule has 0 aliphatic heterocycles. The first-order chi connectivity index (χ1) is 13.0. The van der Waals surface area contributed by atoms with Crippen molar-refractivity contribution in [1.82, 2.24) is 15.1 Å². The zero-order valence-corrected chi connectivity index (χ0v) is 18.6. The Morgan fingerprint density at radius 3 is 2.11 bits per heavy atom. The SMILES string of the molecule is Cc1nn(C)c(Cl)c1C(=O)NC(c1ccccc1)P(=O)(OC(C)C)OC(C)C. The van der Waals surface area contributed by atoms with Crippen molar-refractivity contribution in [3.8, 4) is 0 Å². The van der Waals surface area contributed by atoms with Gasteiger partial charge in [0.05, 0.1) is 23.5 Å². The van der Waals surface area contributed by atoms with Gasteiger partial charge in [0.1, 0.15) is 5.15 Å². The Kier molecular flexibility index (Phi) is 7.46. The molecule has 0 fully saturated rings. The van der Waals surface area contributed by atoms with Crippen LogP contribution in [0.3, 0.4) is 0 Å². The molecule has 1 N–H and O–H groups in total. The lowest BCUT2D eigenvalue weighted by molar-refractivity contribution is 0.0919. The summed E-state index contributed by atoms with van der Waals surface area (Å²) in [5, 5.41) is 7.17. The van der Waals surface area contributed by atoms with E-state index in [2.05, 4.69) is 10.4 Å². The van der Waals surface area contributed by atoms with Crippen LogP contribution in [0.1, 0.15) is 55.1 Å². The molecule has 1 aromatic heterocycles. The van der Waals surface area contributed by atoms with Gasteiger partial charge in [-0.25, -0.2) is 0 Å². The Hall–Kier alpha value is -1.66. The molecule has 1 aromatic carbocycles. The first kappa shape index (κ1) is 22.6. The molecule has 2 aromatic rings. The van der Waals surface area contributed by atoms with E-state index in [1.165, 1.54) is 4.68 Å². The molecule has 28 heavy (non-hydrogen) atoms. The summed E-state index contributed by atoms with van der Waals surface area (Å²) >= 11 is 6.23. The molecule has 1 amide bonds. The van der Waals surface area contributed by atoms with Crippen LogP contribution < -0.4 is 5.32 Å². The van der Waals surface area contributed by atoms with Crippen molar-refractivity contribution < 1.29 is 18.4 Å². The molecule has 0 saturated carbocycles. The van der Waals surface area contributed by atoms with Crippen molar-refractivity contribution in [2.24, 2.45) is 7.05 Å². The number of hydrogen-bond acceptors (Lipinski definition) is 5. The van der Waals surface area contributed by atoms with E-state index in [0.29, 0.717) is 11.3 Å². The van der Waals surface area contributed by atoms with Crippen LogP contribution in [-0.4, -0.2) is 27.9 Å². The largest absolute Gasteiger partial charge is 0.357 e. The van der Waals surface area contributed by atoms with Crippen molar-refractivity contribution in [3.63, 3.8) is 0 Å². The minimum atomic E-state index is -3.76. The van der Waals surface area contributed by atoms with Crippen molar-refractivity contribution in [2.75, 3.05) is 0 Å². The molecule has 1 unspecified atom stereocenters. The van der Waals surface area contributed by atoms with Crippen molar-refractivity contribution >= 4 is 25.1 Å². The Balaban J connectivity index is 2.50. The number of carbonyl (C=O) groups excluding carboxylic acids is 1. The van der Waals surface area contributed by atoms with Gasteiger partial charge in [-0.05, 0) is 40.2 Å². The minimum Gasteiger partial charge on any atom is -0.334 e. The fraction of sp³-hybridized carbons (Fsp3) is 0.474. The summed E-state index contributed by atoms with van der Waals surface area (Å²) < 4.78 is 26.6. The number of nitrogens with one attached hydrogen (secondary N) is 1. The summed E-state index contributed by atoms with van der Waals surface area (Å²) in [6.45, 7) is 8.75. The van der Waals surface area contributed by atoms with E-state index >= 15 is 0 Å². The van der Waals surface area contributed by atoms with Gasteiger partial charge in [0.2, 0.25) is 0 Å². The number of rotatable bonds is 8. The molecule has 0 aliphatic carbocycles. The summed E-state index contributed by atoms with van der Waals surface area (Å²) in [5.74, 6) is -1.49. The summed E-state index contributed by atoms with van der Waals surface area (Å²) in [4.78, 5) is 13.0. The fourth-order valence-corrected chi connectivity index (χ4v) is 5.34. The van der Waals surface area contributed by atoms with Crippen LogP contribution in [0.2, 0.25) is 5.15 Å². The van der Waals surface area contributed by atoms with Crippen molar-refractivity contribution in [3.05, 3.63) is 52.3 Å². The van der Waals surface area contributed by atoms with E-state index in [1.807, 2.05) is 6.07 Å². The Labute approximate surface area is 170 Å². The summed E-state index contributed by atoms with van der Waals surface area (Å²) in [5.41, 5.74) is 1.31. The molecule has 0 radical (unpaired) electrons. The van der Waals surface area contributed by atoms with Gasteiger partial charge in [0.15, 0.2) is 5.78 Å². The highest BCUT2D eigenvalue weighted by atomic mass is 35.5. The Morgan fingerprint density at radius 1 is 1.14 bits per heavy atom. The van der Waals surface area contributed by atoms with Crippen LogP contribution in [0.4, 0.5) is 0 Å². The van der Waals surface area contributed by atoms with Gasteiger partial charge in [-0.3, -0.25) is 14.0 Å². The third kappa shape index (κ3) is 5.23. The molecule has 0 saturated heterocycles. The zero-order valence-electron chi connectivity index (χ0n) is 17.0. The molecule has 0 aliphatic rings. The quantitative estimate of drug-likeness (QED) is 0.608. The van der Waals surface area contributed by atoms with Crippen LogP contribution in [-0.2, 0) is 20.7 Å². The van der Waals surface area contributed by atoms with Gasteiger partial charge in [-0.15, -0.1) is 0 Å². The predicted octanol–water partition coefficient (Wildman–Crippen LogP) is 4.85. The number of carbonyl (C=O) groups is 1. The smallest absolute Gasteiger partial charge is 0.334 e. The maximum Gasteiger partial charge on any atom is 0.357 e. The van der Waals surface area contributed by atoms with E-state index in [4.69, 9.17) is 20.6 Å². The standard InChI is InChI=1S/C19H27ClN3O4P/c1-12(2)26-28(25,27-13(3)4)19(15-10-8-7-9-11-15)21-18(24)16-14(5)22-23(6)17(16)20/h7-13,19H,1-6H3,(H,21,24). The molecule has 0 spiro atoms. The lowest BCUT2D eigenvalue weighted by atomic mass is 10.2. The van der Waals surface area contributed by atoms with E-state index in [0.717, 1.165) is 0 Å². The first-order valence-electron chi connectivity index (χ1n) is 9.06. The summed E-state index contributed by atoms with van der Waals surface area (Å²) in [7, 11) is -2.12. The second kappa shape index (κ2) is 9.23. The topological polar surface area (TPSA) is 82.5 Å². The van der Waals surface area contributed by atoms with Crippen LogP contribution >= 0.6 is 19.2 Å². The van der Waals surface area contributed by atoms with E-state index in [9.17, 15) is 9.36 Å². The van der Waals surface area contributed by atoms with Gasteiger partial charge < -0.3 is 14.4 Å². The average molecular weight is 428 g/mol. The lowest BCUT2D eigenvalue weighted by Gasteiger charge is -2.30. The Bertz CT molecular complexity index is 854. The summed E-state index contributed by atoms with van der Waals surface area (Å²) in [6.07, 6.45) is -0.729. The van der Waals surface area contributed by atoms with Crippen LogP contribution in [0.15, 0.2) is 30.3 Å². The maximum absolute atomic E-state index is 13.8. The van der Waals surface area contributed by atoms with Gasteiger partial charge in [-0.1, -0.05) is 41.9 Å². The molecule has 0 bridgehead atoms. The van der Waals surface area contributed by atoms with Gasteiger partial charge in [0.25, 0.3) is 5.91 Å². The number of halogens is 1. The van der Waals surface area contributed by atoms with Crippen LogP contribution in [0.25, 0.3) is 0 Å². The van der Waals surface area contributed by atoms with Crippen molar-refractivity contribution in [1.29, 1.82) is 0 Å². The third-order valence-electron chi connectivity index (χ3n) is 3.79. The second-order valence-electron chi connectivity index (χ2n) is 7.01. The molecular formula is C19H27ClN3O4P. The normalized spacial score (nSPS) is 13.2. The lowest BCUT2D eigenvalue weighted by Crippen LogP contribution is -2.31. The molecular weight excluding hydrogens is 401 g/mol. The highest BCUT2D eigenvalue weighted by molar-refractivity contribution is 7.54. The van der Waals surface area contributed by atoms with Crippen molar-refractivity contribution in [2.45, 2.75) is 52.6 Å². The fourth-order valence-electron chi connectivity index (χ4n) is 2.80. The monoisotopic (exact) mass is 427 g/mol. The number of nitrogens with zero attached hydrogens (tertiary/aromatic N) is 2. The zero-order chi connectivity index (χ0) is 21.1. The molecule has 1 heterocycles. The average Bonchev–Trinajstić information content (AvgIpc) is 2.84. The van der Waals surface area contributed by atoms with Crippen LogP contribution in [0, 0.1) is 6.92 Å². The van der Waals surface area contributed by atoms with Gasteiger partial charge in [-0.2, -0.15) is 5.10 Å². The molecule has 9 heteroatoms. The number of aryl methyl sites for hydroxylation is 2. The summed E-state index contributed by atoms with van der Waals surface area (Å²) in [6, 6.07) is 8.96. The minimum absolute atomic E-state index is 0.200.